The van der Waals surface area contributed by atoms with E-state index in [0.717, 1.165) is 31.0 Å². The zero-order chi connectivity index (χ0) is 15.9. The van der Waals surface area contributed by atoms with Gasteiger partial charge in [0.25, 0.3) is 0 Å². The largest absolute Gasteiger partial charge is 0.444 e. The number of carbonyl (C=O) groups is 1. The summed E-state index contributed by atoms with van der Waals surface area (Å²) in [7, 11) is 0. The van der Waals surface area contributed by atoms with Gasteiger partial charge in [-0.05, 0) is 31.5 Å². The van der Waals surface area contributed by atoms with Gasteiger partial charge < -0.3 is 4.74 Å². The summed E-state index contributed by atoms with van der Waals surface area (Å²) in [5.74, 6) is 0.773. The Bertz CT molecular complexity index is 625. The van der Waals surface area contributed by atoms with Gasteiger partial charge in [0.15, 0.2) is 0 Å². The molecule has 1 amide bonds. The topological polar surface area (TPSA) is 67.4 Å². The second kappa shape index (κ2) is 7.69. The molecule has 0 saturated carbocycles. The number of benzene rings is 1. The zero-order valence-corrected chi connectivity index (χ0v) is 12.9. The molecule has 1 fully saturated rings. The molecule has 1 N–H and O–H groups in total. The van der Waals surface area contributed by atoms with Crippen LogP contribution in [0.4, 0.5) is 10.5 Å². The number of ether oxygens (including phenoxy) is 1. The molecule has 0 bridgehead atoms. The number of carbonyl (C=O) groups excluding carboxylic acids is 1. The standard InChI is InChI=1S/C17H20N4O2/c22-17(23-13-14-6-2-1-3-7-14)20-15-10-18-16(19-11-15)12-21-8-4-5-9-21/h1-3,6-7,10-11H,4-5,8-9,12-13H2,(H,20,22). The van der Waals surface area contributed by atoms with Crippen LogP contribution < -0.4 is 5.32 Å². The van der Waals surface area contributed by atoms with Gasteiger partial charge in [-0.2, -0.15) is 0 Å². The summed E-state index contributed by atoms with van der Waals surface area (Å²) in [5.41, 5.74) is 1.48. The highest BCUT2D eigenvalue weighted by molar-refractivity contribution is 5.83. The number of nitrogens with zero attached hydrogens (tertiary/aromatic N) is 3. The Kier molecular flexibility index (Phi) is 5.16. The van der Waals surface area contributed by atoms with Crippen LogP contribution in [0.1, 0.15) is 24.2 Å². The van der Waals surface area contributed by atoms with E-state index in [9.17, 15) is 4.79 Å². The molecule has 0 aliphatic carbocycles. The number of anilines is 1. The van der Waals surface area contributed by atoms with Crippen molar-refractivity contribution in [3.8, 4) is 0 Å². The van der Waals surface area contributed by atoms with Crippen LogP contribution in [0.2, 0.25) is 0 Å². The molecular weight excluding hydrogens is 292 g/mol. The molecule has 0 radical (unpaired) electrons. The Hall–Kier alpha value is -2.47. The maximum atomic E-state index is 11.8. The van der Waals surface area contributed by atoms with Crippen LogP contribution in [-0.2, 0) is 17.9 Å². The van der Waals surface area contributed by atoms with Crippen LogP contribution in [0.3, 0.4) is 0 Å². The van der Waals surface area contributed by atoms with Crippen molar-refractivity contribution in [1.29, 1.82) is 0 Å². The molecule has 1 saturated heterocycles. The van der Waals surface area contributed by atoms with Crippen molar-refractivity contribution in [2.24, 2.45) is 0 Å². The SMILES string of the molecule is O=C(Nc1cnc(CN2CCCC2)nc1)OCc1ccccc1. The van der Waals surface area contributed by atoms with Gasteiger partial charge in [-0.25, -0.2) is 14.8 Å². The lowest BCUT2D eigenvalue weighted by atomic mass is 10.2. The first-order valence-electron chi connectivity index (χ1n) is 7.80. The molecule has 0 atom stereocenters. The van der Waals surface area contributed by atoms with Crippen molar-refractivity contribution in [1.82, 2.24) is 14.9 Å². The maximum Gasteiger partial charge on any atom is 0.412 e. The van der Waals surface area contributed by atoms with Crippen molar-refractivity contribution in [2.75, 3.05) is 18.4 Å². The monoisotopic (exact) mass is 312 g/mol. The van der Waals surface area contributed by atoms with Gasteiger partial charge in [0.05, 0.1) is 24.6 Å². The normalized spacial score (nSPS) is 14.6. The smallest absolute Gasteiger partial charge is 0.412 e. The lowest BCUT2D eigenvalue weighted by Crippen LogP contribution is -2.20. The van der Waals surface area contributed by atoms with Gasteiger partial charge in [-0.1, -0.05) is 30.3 Å². The number of nitrogens with one attached hydrogen (secondary N) is 1. The molecule has 0 unspecified atom stereocenters. The van der Waals surface area contributed by atoms with E-state index in [0.29, 0.717) is 5.69 Å². The van der Waals surface area contributed by atoms with Crippen molar-refractivity contribution < 1.29 is 9.53 Å². The average molecular weight is 312 g/mol. The summed E-state index contributed by atoms with van der Waals surface area (Å²) in [4.78, 5) is 22.7. The van der Waals surface area contributed by atoms with Crippen molar-refractivity contribution in [3.05, 3.63) is 54.1 Å². The summed E-state index contributed by atoms with van der Waals surface area (Å²) in [5, 5.41) is 2.63. The summed E-state index contributed by atoms with van der Waals surface area (Å²) >= 11 is 0. The summed E-state index contributed by atoms with van der Waals surface area (Å²) in [6.07, 6.45) is 5.20. The predicted molar refractivity (Wildman–Crippen MR) is 86.8 cm³/mol. The molecule has 2 aromatic rings. The third kappa shape index (κ3) is 4.75. The predicted octanol–water partition coefficient (Wildman–Crippen LogP) is 2.82. The molecule has 0 spiro atoms. The molecule has 1 aliphatic heterocycles. The first-order chi connectivity index (χ1) is 11.3. The number of amides is 1. The van der Waals surface area contributed by atoms with Crippen LogP contribution in [0, 0.1) is 0 Å². The number of hydrogen-bond donors (Lipinski definition) is 1. The Morgan fingerprint density at radius 3 is 2.52 bits per heavy atom. The lowest BCUT2D eigenvalue weighted by Gasteiger charge is -2.13. The van der Waals surface area contributed by atoms with E-state index in [4.69, 9.17) is 4.74 Å². The Labute approximate surface area is 135 Å². The second-order valence-corrected chi connectivity index (χ2v) is 5.56. The van der Waals surface area contributed by atoms with E-state index in [1.54, 1.807) is 12.4 Å². The third-order valence-corrected chi connectivity index (χ3v) is 3.73. The van der Waals surface area contributed by atoms with Gasteiger partial charge in [0.2, 0.25) is 0 Å². The fraction of sp³-hybridized carbons (Fsp3) is 0.353. The highest BCUT2D eigenvalue weighted by Crippen LogP contribution is 2.11. The first-order valence-corrected chi connectivity index (χ1v) is 7.80. The molecule has 120 valence electrons. The van der Waals surface area contributed by atoms with Gasteiger partial charge in [-0.15, -0.1) is 0 Å². The quantitative estimate of drug-likeness (QED) is 0.919. The van der Waals surface area contributed by atoms with Crippen LogP contribution in [-0.4, -0.2) is 34.1 Å². The van der Waals surface area contributed by atoms with E-state index in [1.165, 1.54) is 12.8 Å². The zero-order valence-electron chi connectivity index (χ0n) is 12.9. The molecule has 1 aromatic carbocycles. The number of likely N-dealkylation sites (tertiary alicyclic amines) is 1. The van der Waals surface area contributed by atoms with Gasteiger partial charge in [-0.3, -0.25) is 10.2 Å². The van der Waals surface area contributed by atoms with Gasteiger partial charge in [0.1, 0.15) is 12.4 Å². The molecule has 23 heavy (non-hydrogen) atoms. The fourth-order valence-corrected chi connectivity index (χ4v) is 2.52. The van der Waals surface area contributed by atoms with Crippen LogP contribution in [0.15, 0.2) is 42.7 Å². The van der Waals surface area contributed by atoms with E-state index in [2.05, 4.69) is 20.2 Å². The highest BCUT2D eigenvalue weighted by Gasteiger charge is 2.13. The number of hydrogen-bond acceptors (Lipinski definition) is 5. The molecule has 6 nitrogen and oxygen atoms in total. The molecule has 3 rings (SSSR count). The van der Waals surface area contributed by atoms with E-state index < -0.39 is 6.09 Å². The lowest BCUT2D eigenvalue weighted by molar-refractivity contribution is 0.155. The minimum atomic E-state index is -0.509. The maximum absolute atomic E-state index is 11.8. The highest BCUT2D eigenvalue weighted by atomic mass is 16.5. The van der Waals surface area contributed by atoms with Crippen molar-refractivity contribution in [3.63, 3.8) is 0 Å². The van der Waals surface area contributed by atoms with Crippen molar-refractivity contribution in [2.45, 2.75) is 26.0 Å². The molecule has 6 heteroatoms. The second-order valence-electron chi connectivity index (χ2n) is 5.56. The van der Waals surface area contributed by atoms with Gasteiger partial charge in [0, 0.05) is 0 Å². The van der Waals surface area contributed by atoms with Crippen LogP contribution in [0.5, 0.6) is 0 Å². The van der Waals surface area contributed by atoms with Crippen LogP contribution >= 0.6 is 0 Å². The molecule has 2 heterocycles. The van der Waals surface area contributed by atoms with E-state index in [1.807, 2.05) is 30.3 Å². The average Bonchev–Trinajstić information content (AvgIpc) is 3.09. The van der Waals surface area contributed by atoms with Crippen LogP contribution in [0.25, 0.3) is 0 Å². The van der Waals surface area contributed by atoms with Crippen molar-refractivity contribution >= 4 is 11.8 Å². The molecular formula is C17H20N4O2. The fourth-order valence-electron chi connectivity index (χ4n) is 2.52. The van der Waals surface area contributed by atoms with E-state index >= 15 is 0 Å². The van der Waals surface area contributed by atoms with Gasteiger partial charge >= 0.3 is 6.09 Å². The third-order valence-electron chi connectivity index (χ3n) is 3.73. The summed E-state index contributed by atoms with van der Waals surface area (Å²) in [6, 6.07) is 9.55. The number of aromatic nitrogens is 2. The first kappa shape index (κ1) is 15.4. The summed E-state index contributed by atoms with van der Waals surface area (Å²) < 4.78 is 5.16. The number of rotatable bonds is 5. The minimum Gasteiger partial charge on any atom is -0.444 e. The minimum absolute atomic E-state index is 0.237. The Morgan fingerprint density at radius 2 is 1.83 bits per heavy atom. The molecule has 1 aliphatic rings. The Balaban J connectivity index is 1.46. The molecule has 1 aromatic heterocycles. The Morgan fingerprint density at radius 1 is 1.13 bits per heavy atom. The van der Waals surface area contributed by atoms with E-state index in [-0.39, 0.29) is 6.61 Å². The summed E-state index contributed by atoms with van der Waals surface area (Å²) in [6.45, 7) is 3.21.